The van der Waals surface area contributed by atoms with E-state index in [2.05, 4.69) is 66.8 Å². The van der Waals surface area contributed by atoms with Gasteiger partial charge in [0.2, 0.25) is 5.69 Å². The van der Waals surface area contributed by atoms with Crippen LogP contribution in [0.5, 0.6) is 0 Å². The SMILES string of the molecule is Cc1ccncc1-c1c2ccccc2cc(C)[n+]1C. The first-order valence-corrected chi connectivity index (χ1v) is 6.48. The third-order valence-corrected chi connectivity index (χ3v) is 3.74. The minimum absolute atomic E-state index is 1.20. The third-order valence-electron chi connectivity index (χ3n) is 3.74. The molecule has 0 fully saturated rings. The number of pyridine rings is 2. The van der Waals surface area contributed by atoms with Gasteiger partial charge in [-0.05, 0) is 30.0 Å². The Labute approximate surface area is 113 Å². The Morgan fingerprint density at radius 2 is 1.84 bits per heavy atom. The Morgan fingerprint density at radius 1 is 1.05 bits per heavy atom. The second-order valence-electron chi connectivity index (χ2n) is 4.97. The first-order valence-electron chi connectivity index (χ1n) is 6.48. The van der Waals surface area contributed by atoms with Crippen molar-refractivity contribution in [1.82, 2.24) is 4.98 Å². The molecule has 0 saturated carbocycles. The van der Waals surface area contributed by atoms with Gasteiger partial charge in [-0.15, -0.1) is 0 Å². The Morgan fingerprint density at radius 3 is 2.63 bits per heavy atom. The zero-order valence-corrected chi connectivity index (χ0v) is 11.5. The minimum atomic E-state index is 1.20. The molecule has 3 rings (SSSR count). The lowest BCUT2D eigenvalue weighted by molar-refractivity contribution is -0.665. The van der Waals surface area contributed by atoms with Crippen molar-refractivity contribution in [3.8, 4) is 11.3 Å². The van der Waals surface area contributed by atoms with E-state index >= 15 is 0 Å². The van der Waals surface area contributed by atoms with Crippen molar-refractivity contribution >= 4 is 10.8 Å². The van der Waals surface area contributed by atoms with Gasteiger partial charge in [0.05, 0.1) is 10.9 Å². The molecule has 0 aliphatic carbocycles. The van der Waals surface area contributed by atoms with Crippen molar-refractivity contribution in [2.45, 2.75) is 13.8 Å². The number of aryl methyl sites for hydroxylation is 2. The van der Waals surface area contributed by atoms with E-state index in [0.717, 1.165) is 0 Å². The second kappa shape index (κ2) is 4.47. The van der Waals surface area contributed by atoms with Crippen LogP contribution in [0.2, 0.25) is 0 Å². The van der Waals surface area contributed by atoms with Crippen molar-refractivity contribution < 1.29 is 4.57 Å². The maximum Gasteiger partial charge on any atom is 0.222 e. The van der Waals surface area contributed by atoms with Gasteiger partial charge in [-0.2, -0.15) is 4.57 Å². The van der Waals surface area contributed by atoms with Crippen LogP contribution in [-0.4, -0.2) is 4.98 Å². The van der Waals surface area contributed by atoms with E-state index < -0.39 is 0 Å². The molecule has 0 atom stereocenters. The van der Waals surface area contributed by atoms with Crippen LogP contribution in [0, 0.1) is 13.8 Å². The highest BCUT2D eigenvalue weighted by atomic mass is 14.9. The van der Waals surface area contributed by atoms with Crippen molar-refractivity contribution in [2.75, 3.05) is 0 Å². The standard InChI is InChI=1S/C17H17N2/c1-12-8-9-18-11-16(12)17-15-7-5-4-6-14(15)10-13(2)19(17)3/h4-11H,1-3H3/q+1. The van der Waals surface area contributed by atoms with Crippen molar-refractivity contribution in [1.29, 1.82) is 0 Å². The molecule has 0 spiro atoms. The van der Waals surface area contributed by atoms with Crippen LogP contribution in [0.4, 0.5) is 0 Å². The summed E-state index contributed by atoms with van der Waals surface area (Å²) in [6, 6.07) is 12.8. The van der Waals surface area contributed by atoms with Crippen molar-refractivity contribution in [3.05, 3.63) is 60.0 Å². The molecule has 0 aliphatic heterocycles. The van der Waals surface area contributed by atoms with E-state index in [1.54, 1.807) is 0 Å². The summed E-state index contributed by atoms with van der Waals surface area (Å²) in [7, 11) is 2.11. The van der Waals surface area contributed by atoms with Gasteiger partial charge in [0, 0.05) is 25.4 Å². The van der Waals surface area contributed by atoms with Crippen molar-refractivity contribution in [2.24, 2.45) is 7.05 Å². The molecule has 0 radical (unpaired) electrons. The molecule has 2 aromatic heterocycles. The molecule has 1 aromatic carbocycles. The Bertz CT molecular complexity index is 760. The van der Waals surface area contributed by atoms with E-state index in [-0.39, 0.29) is 0 Å². The summed E-state index contributed by atoms with van der Waals surface area (Å²) in [4.78, 5) is 4.29. The number of aromatic nitrogens is 2. The maximum atomic E-state index is 4.29. The Balaban J connectivity index is 2.46. The lowest BCUT2D eigenvalue weighted by atomic mass is 10.0. The van der Waals surface area contributed by atoms with Gasteiger partial charge in [-0.1, -0.05) is 18.2 Å². The fraction of sp³-hybridized carbons (Fsp3) is 0.176. The normalized spacial score (nSPS) is 10.9. The maximum absolute atomic E-state index is 4.29. The molecule has 94 valence electrons. The van der Waals surface area contributed by atoms with Gasteiger partial charge in [-0.3, -0.25) is 4.98 Å². The number of benzene rings is 1. The zero-order valence-electron chi connectivity index (χ0n) is 11.5. The largest absolute Gasteiger partial charge is 0.264 e. The Hall–Kier alpha value is -2.22. The molecule has 0 N–H and O–H groups in total. The fourth-order valence-electron chi connectivity index (χ4n) is 2.56. The second-order valence-corrected chi connectivity index (χ2v) is 4.97. The molecule has 3 aromatic rings. The van der Waals surface area contributed by atoms with E-state index in [4.69, 9.17) is 0 Å². The van der Waals surface area contributed by atoms with Crippen LogP contribution in [0.15, 0.2) is 48.8 Å². The van der Waals surface area contributed by atoms with Gasteiger partial charge in [-0.25, -0.2) is 0 Å². The van der Waals surface area contributed by atoms with Gasteiger partial charge >= 0.3 is 0 Å². The van der Waals surface area contributed by atoms with Crippen LogP contribution < -0.4 is 4.57 Å². The number of rotatable bonds is 1. The van der Waals surface area contributed by atoms with Crippen LogP contribution in [-0.2, 0) is 7.05 Å². The average molecular weight is 249 g/mol. The number of hydrogen-bond acceptors (Lipinski definition) is 1. The summed E-state index contributed by atoms with van der Waals surface area (Å²) in [5.41, 5.74) is 4.93. The van der Waals surface area contributed by atoms with E-state index in [0.29, 0.717) is 0 Å². The van der Waals surface area contributed by atoms with Crippen LogP contribution in [0.25, 0.3) is 22.0 Å². The first-order chi connectivity index (χ1) is 9.18. The molecular formula is C17H17N2+. The van der Waals surface area contributed by atoms with E-state index in [9.17, 15) is 0 Å². The van der Waals surface area contributed by atoms with Crippen LogP contribution >= 0.6 is 0 Å². The van der Waals surface area contributed by atoms with Gasteiger partial charge in [0.15, 0.2) is 5.69 Å². The number of nitrogens with zero attached hydrogens (tertiary/aromatic N) is 2. The molecule has 0 aliphatic rings. The molecule has 0 saturated heterocycles. The predicted molar refractivity (Wildman–Crippen MR) is 77.8 cm³/mol. The predicted octanol–water partition coefficient (Wildman–Crippen LogP) is 3.34. The molecule has 0 bridgehead atoms. The average Bonchev–Trinajstić information content (AvgIpc) is 2.42. The summed E-state index contributed by atoms with van der Waals surface area (Å²) in [6.07, 6.45) is 3.80. The summed E-state index contributed by atoms with van der Waals surface area (Å²) < 4.78 is 2.24. The van der Waals surface area contributed by atoms with Crippen LogP contribution in [0.1, 0.15) is 11.3 Å². The molecule has 0 unspecified atom stereocenters. The summed E-state index contributed by atoms with van der Waals surface area (Å²) in [6.45, 7) is 4.27. The number of fused-ring (bicyclic) bond motifs is 1. The molecule has 2 heteroatoms. The summed E-state index contributed by atoms with van der Waals surface area (Å²) in [5.74, 6) is 0. The topological polar surface area (TPSA) is 16.8 Å². The molecule has 2 heterocycles. The molecule has 0 amide bonds. The third kappa shape index (κ3) is 1.89. The lowest BCUT2D eigenvalue weighted by Crippen LogP contribution is -2.35. The summed E-state index contributed by atoms with van der Waals surface area (Å²) in [5, 5.41) is 2.54. The highest BCUT2D eigenvalue weighted by Crippen LogP contribution is 2.27. The summed E-state index contributed by atoms with van der Waals surface area (Å²) >= 11 is 0. The highest BCUT2D eigenvalue weighted by Gasteiger charge is 2.18. The molecule has 19 heavy (non-hydrogen) atoms. The van der Waals surface area contributed by atoms with Gasteiger partial charge < -0.3 is 0 Å². The first kappa shape index (κ1) is 11.8. The Kier molecular flexibility index (Phi) is 2.79. The monoisotopic (exact) mass is 249 g/mol. The minimum Gasteiger partial charge on any atom is -0.264 e. The number of hydrogen-bond donors (Lipinski definition) is 0. The molecular weight excluding hydrogens is 232 g/mol. The van der Waals surface area contributed by atoms with Crippen LogP contribution in [0.3, 0.4) is 0 Å². The quantitative estimate of drug-likeness (QED) is 0.604. The smallest absolute Gasteiger partial charge is 0.222 e. The van der Waals surface area contributed by atoms with Gasteiger partial charge in [0.25, 0.3) is 0 Å². The highest BCUT2D eigenvalue weighted by molar-refractivity contribution is 5.93. The molecule has 2 nitrogen and oxygen atoms in total. The fourth-order valence-corrected chi connectivity index (χ4v) is 2.56. The zero-order chi connectivity index (χ0) is 13.4. The van der Waals surface area contributed by atoms with Gasteiger partial charge in [0.1, 0.15) is 7.05 Å². The van der Waals surface area contributed by atoms with E-state index in [1.807, 2.05) is 12.4 Å². The van der Waals surface area contributed by atoms with E-state index in [1.165, 1.54) is 33.3 Å². The van der Waals surface area contributed by atoms with Crippen molar-refractivity contribution in [3.63, 3.8) is 0 Å². The lowest BCUT2D eigenvalue weighted by Gasteiger charge is -2.09.